The maximum atomic E-state index is 11.7. The van der Waals surface area contributed by atoms with E-state index in [1.54, 1.807) is 0 Å². The minimum atomic E-state index is -0.443. The van der Waals surface area contributed by atoms with E-state index in [1.165, 1.54) is 5.06 Å². The summed E-state index contributed by atoms with van der Waals surface area (Å²) in [5.74, 6) is 0. The van der Waals surface area contributed by atoms with Gasteiger partial charge in [0.05, 0.1) is 13.2 Å². The smallest absolute Gasteiger partial charge is 0.434 e. The third kappa shape index (κ3) is 3.32. The molecule has 0 unspecified atom stereocenters. The van der Waals surface area contributed by atoms with Crippen LogP contribution >= 0.6 is 0 Å². The van der Waals surface area contributed by atoms with Crippen molar-refractivity contribution in [1.82, 2.24) is 5.06 Å². The van der Waals surface area contributed by atoms with E-state index in [4.69, 9.17) is 9.57 Å². The summed E-state index contributed by atoms with van der Waals surface area (Å²) in [5, 5.41) is 1.25. The Kier molecular flexibility index (Phi) is 3.77. The van der Waals surface area contributed by atoms with Crippen LogP contribution < -0.4 is 0 Å². The summed E-state index contributed by atoms with van der Waals surface area (Å²) in [5.41, 5.74) is 2.07. The predicted octanol–water partition coefficient (Wildman–Crippen LogP) is 2.52. The van der Waals surface area contributed by atoms with Crippen LogP contribution in [0.4, 0.5) is 4.79 Å². The lowest BCUT2D eigenvalue weighted by Gasteiger charge is -2.24. The maximum Gasteiger partial charge on any atom is 0.434 e. The number of carbonyl (C=O) groups is 1. The number of nitrogens with zero attached hydrogens (tertiary/aromatic N) is 1. The summed E-state index contributed by atoms with van der Waals surface area (Å²) < 4.78 is 5.15. The highest BCUT2D eigenvalue weighted by molar-refractivity contribution is 5.66. The van der Waals surface area contributed by atoms with Gasteiger partial charge in [0.1, 0.15) is 6.61 Å². The van der Waals surface area contributed by atoms with Crippen molar-refractivity contribution < 1.29 is 14.4 Å². The monoisotopic (exact) mass is 233 g/mol. The molecule has 17 heavy (non-hydrogen) atoms. The van der Waals surface area contributed by atoms with Crippen LogP contribution in [0.1, 0.15) is 12.5 Å². The average molecular weight is 233 g/mol. The maximum absolute atomic E-state index is 11.7. The first-order valence-corrected chi connectivity index (χ1v) is 5.52. The van der Waals surface area contributed by atoms with Crippen LogP contribution in [0.15, 0.2) is 42.0 Å². The van der Waals surface area contributed by atoms with Gasteiger partial charge in [0.15, 0.2) is 0 Å². The largest absolute Gasteiger partial charge is 0.443 e. The lowest BCUT2D eigenvalue weighted by atomic mass is 10.2. The Labute approximate surface area is 100 Å². The molecule has 0 aliphatic carbocycles. The van der Waals surface area contributed by atoms with Gasteiger partial charge < -0.3 is 4.74 Å². The van der Waals surface area contributed by atoms with Crippen molar-refractivity contribution in [3.05, 3.63) is 47.5 Å². The van der Waals surface area contributed by atoms with Gasteiger partial charge in [-0.15, -0.1) is 0 Å². The number of hydrogen-bond donors (Lipinski definition) is 0. The summed E-state index contributed by atoms with van der Waals surface area (Å²) in [7, 11) is 0. The van der Waals surface area contributed by atoms with Gasteiger partial charge in [-0.2, -0.15) is 5.06 Å². The zero-order valence-electron chi connectivity index (χ0n) is 9.76. The molecule has 4 heteroatoms. The van der Waals surface area contributed by atoms with E-state index in [9.17, 15) is 4.79 Å². The Bertz CT molecular complexity index is 414. The number of rotatable bonds is 2. The van der Waals surface area contributed by atoms with Crippen molar-refractivity contribution in [2.75, 3.05) is 13.2 Å². The lowest BCUT2D eigenvalue weighted by molar-refractivity contribution is -0.128. The molecule has 0 N–H and O–H groups in total. The molecule has 0 atom stereocenters. The fourth-order valence-corrected chi connectivity index (χ4v) is 1.51. The van der Waals surface area contributed by atoms with E-state index < -0.39 is 6.09 Å². The molecule has 0 saturated carbocycles. The number of amides is 1. The van der Waals surface area contributed by atoms with E-state index >= 15 is 0 Å². The molecule has 1 aliphatic heterocycles. The molecule has 2 rings (SSSR count). The molecule has 0 fully saturated rings. The van der Waals surface area contributed by atoms with Gasteiger partial charge >= 0.3 is 6.09 Å². The fraction of sp³-hybridized carbons (Fsp3) is 0.308. The van der Waals surface area contributed by atoms with Crippen LogP contribution in [-0.4, -0.2) is 24.3 Å². The molecule has 0 spiro atoms. The summed E-state index contributed by atoms with van der Waals surface area (Å²) in [6.07, 6.45) is 1.50. The quantitative estimate of drug-likeness (QED) is 0.737. The second-order valence-corrected chi connectivity index (χ2v) is 3.92. The zero-order valence-corrected chi connectivity index (χ0v) is 9.76. The standard InChI is InChI=1S/C13H15NO3/c1-11-7-8-17-14(9-11)13(15)16-10-12-5-3-2-4-6-12/h2-7H,8-10H2,1H3. The third-order valence-corrected chi connectivity index (χ3v) is 2.46. The van der Waals surface area contributed by atoms with Crippen LogP contribution in [0, 0.1) is 0 Å². The van der Waals surface area contributed by atoms with Gasteiger partial charge in [-0.25, -0.2) is 4.79 Å². The van der Waals surface area contributed by atoms with E-state index in [2.05, 4.69) is 0 Å². The minimum absolute atomic E-state index is 0.266. The van der Waals surface area contributed by atoms with Crippen molar-refractivity contribution >= 4 is 6.09 Å². The Hall–Kier alpha value is -1.81. The molecule has 90 valence electrons. The average Bonchev–Trinajstić information content (AvgIpc) is 2.37. The SMILES string of the molecule is CC1=CCON(C(=O)OCc2ccccc2)C1. The first-order valence-electron chi connectivity index (χ1n) is 5.52. The zero-order chi connectivity index (χ0) is 12.1. The van der Waals surface area contributed by atoms with Gasteiger partial charge in [0, 0.05) is 0 Å². The van der Waals surface area contributed by atoms with Gasteiger partial charge in [-0.1, -0.05) is 42.0 Å². The fourth-order valence-electron chi connectivity index (χ4n) is 1.51. The lowest BCUT2D eigenvalue weighted by Crippen LogP contribution is -2.35. The van der Waals surface area contributed by atoms with Crippen molar-refractivity contribution in [2.45, 2.75) is 13.5 Å². The molecular formula is C13H15NO3. The highest BCUT2D eigenvalue weighted by Gasteiger charge is 2.18. The van der Waals surface area contributed by atoms with Crippen molar-refractivity contribution in [2.24, 2.45) is 0 Å². The summed E-state index contributed by atoms with van der Waals surface area (Å²) in [6, 6.07) is 9.57. The van der Waals surface area contributed by atoms with E-state index in [-0.39, 0.29) is 6.61 Å². The molecule has 0 radical (unpaired) electrons. The summed E-state index contributed by atoms with van der Waals surface area (Å²) >= 11 is 0. The van der Waals surface area contributed by atoms with E-state index in [0.717, 1.165) is 11.1 Å². The second kappa shape index (κ2) is 5.50. The topological polar surface area (TPSA) is 38.8 Å². The van der Waals surface area contributed by atoms with Crippen LogP contribution in [0.2, 0.25) is 0 Å². The minimum Gasteiger partial charge on any atom is -0.443 e. The van der Waals surface area contributed by atoms with Crippen LogP contribution in [0.3, 0.4) is 0 Å². The van der Waals surface area contributed by atoms with E-state index in [0.29, 0.717) is 13.2 Å². The molecule has 1 aromatic rings. The summed E-state index contributed by atoms with van der Waals surface area (Å²) in [6.45, 7) is 3.11. The van der Waals surface area contributed by atoms with Crippen molar-refractivity contribution in [1.29, 1.82) is 0 Å². The first-order chi connectivity index (χ1) is 8.25. The number of hydrogen-bond acceptors (Lipinski definition) is 3. The number of benzene rings is 1. The number of ether oxygens (including phenoxy) is 1. The molecule has 0 bridgehead atoms. The van der Waals surface area contributed by atoms with Crippen LogP contribution in [-0.2, 0) is 16.2 Å². The Morgan fingerprint density at radius 3 is 2.88 bits per heavy atom. The molecule has 4 nitrogen and oxygen atoms in total. The molecule has 0 saturated heterocycles. The molecule has 1 amide bonds. The van der Waals surface area contributed by atoms with Gasteiger partial charge in [0.2, 0.25) is 0 Å². The predicted molar refractivity (Wildman–Crippen MR) is 63.0 cm³/mol. The molecule has 1 aromatic carbocycles. The Morgan fingerprint density at radius 1 is 1.41 bits per heavy atom. The van der Waals surface area contributed by atoms with Crippen LogP contribution in [0.5, 0.6) is 0 Å². The van der Waals surface area contributed by atoms with Gasteiger partial charge in [-0.3, -0.25) is 4.84 Å². The van der Waals surface area contributed by atoms with Crippen molar-refractivity contribution in [3.8, 4) is 0 Å². The van der Waals surface area contributed by atoms with Crippen LogP contribution in [0.25, 0.3) is 0 Å². The highest BCUT2D eigenvalue weighted by Crippen LogP contribution is 2.09. The highest BCUT2D eigenvalue weighted by atomic mass is 16.7. The normalized spacial score (nSPS) is 15.4. The second-order valence-electron chi connectivity index (χ2n) is 3.92. The van der Waals surface area contributed by atoms with Gasteiger partial charge in [-0.05, 0) is 12.5 Å². The first kappa shape index (κ1) is 11.7. The number of hydroxylamine groups is 2. The third-order valence-electron chi connectivity index (χ3n) is 2.46. The van der Waals surface area contributed by atoms with E-state index in [1.807, 2.05) is 43.3 Å². The van der Waals surface area contributed by atoms with Crippen molar-refractivity contribution in [3.63, 3.8) is 0 Å². The van der Waals surface area contributed by atoms with Gasteiger partial charge in [0.25, 0.3) is 0 Å². The molecule has 1 aliphatic rings. The molecular weight excluding hydrogens is 218 g/mol. The Balaban J connectivity index is 1.84. The number of carbonyl (C=O) groups excluding carboxylic acids is 1. The molecule has 1 heterocycles. The summed E-state index contributed by atoms with van der Waals surface area (Å²) in [4.78, 5) is 16.8. The molecule has 0 aromatic heterocycles. The Morgan fingerprint density at radius 2 is 2.18 bits per heavy atom.